The third kappa shape index (κ3) is 2.16. The number of ether oxygens (including phenoxy) is 2. The molecule has 1 amide bonds. The molecule has 1 aliphatic carbocycles. The minimum Gasteiger partial charge on any atom is -0.454 e. The molecule has 0 saturated heterocycles. The van der Waals surface area contributed by atoms with Crippen LogP contribution in [0.3, 0.4) is 0 Å². The van der Waals surface area contributed by atoms with Gasteiger partial charge in [0.25, 0.3) is 5.91 Å². The number of carbonyl (C=O) groups is 1. The van der Waals surface area contributed by atoms with Crippen molar-refractivity contribution < 1.29 is 14.3 Å². The normalized spacial score (nSPS) is 19.5. The molecular formula is C16H14BrNO3. The molecule has 0 spiro atoms. The van der Waals surface area contributed by atoms with Crippen molar-refractivity contribution in [3.05, 3.63) is 45.6 Å². The van der Waals surface area contributed by atoms with Crippen LogP contribution in [-0.4, -0.2) is 17.6 Å². The number of hydrogen-bond donors (Lipinski definition) is 0. The summed E-state index contributed by atoms with van der Waals surface area (Å²) in [6.45, 7) is 0.798. The van der Waals surface area contributed by atoms with E-state index in [1.165, 1.54) is 5.57 Å². The topological polar surface area (TPSA) is 38.8 Å². The Labute approximate surface area is 131 Å². The molecule has 5 heteroatoms. The molecule has 0 saturated carbocycles. The van der Waals surface area contributed by atoms with Gasteiger partial charge in [-0.15, -0.1) is 0 Å². The van der Waals surface area contributed by atoms with E-state index in [2.05, 4.69) is 22.0 Å². The summed E-state index contributed by atoms with van der Waals surface area (Å²) >= 11 is 3.56. The molecule has 4 nitrogen and oxygen atoms in total. The first-order chi connectivity index (χ1) is 10.2. The van der Waals surface area contributed by atoms with Gasteiger partial charge in [0, 0.05) is 16.2 Å². The Bertz CT molecular complexity index is 693. The van der Waals surface area contributed by atoms with E-state index in [1.807, 2.05) is 17.0 Å². The average molecular weight is 348 g/mol. The van der Waals surface area contributed by atoms with Crippen molar-refractivity contribution in [2.45, 2.75) is 25.8 Å². The predicted octanol–water partition coefficient (Wildman–Crippen LogP) is 3.51. The van der Waals surface area contributed by atoms with E-state index in [-0.39, 0.29) is 12.7 Å². The monoisotopic (exact) mass is 347 g/mol. The fourth-order valence-electron chi connectivity index (χ4n) is 2.98. The van der Waals surface area contributed by atoms with Crippen LogP contribution in [0.5, 0.6) is 11.5 Å². The van der Waals surface area contributed by atoms with Crippen molar-refractivity contribution in [1.29, 1.82) is 0 Å². The highest BCUT2D eigenvalue weighted by molar-refractivity contribution is 9.10. The van der Waals surface area contributed by atoms with Crippen molar-refractivity contribution in [3.8, 4) is 11.5 Å². The van der Waals surface area contributed by atoms with Crippen molar-refractivity contribution >= 4 is 21.8 Å². The molecule has 2 aliphatic heterocycles. The molecule has 1 aromatic rings. The maximum Gasteiger partial charge on any atom is 0.251 e. The third-order valence-electron chi connectivity index (χ3n) is 4.04. The summed E-state index contributed by atoms with van der Waals surface area (Å²) in [6, 6.07) is 3.85. The second-order valence-electron chi connectivity index (χ2n) is 5.37. The standard InChI is InChI=1S/C16H14BrNO3/c17-12-7-15-14(20-9-21-15)5-11(12)8-18-13-4-2-1-3-10(13)6-16(18)19/h4-7H,1-3,8-9H2. The highest BCUT2D eigenvalue weighted by Crippen LogP contribution is 2.39. The fourth-order valence-corrected chi connectivity index (χ4v) is 3.43. The van der Waals surface area contributed by atoms with Crippen molar-refractivity contribution in [2.75, 3.05) is 6.79 Å². The van der Waals surface area contributed by atoms with Crippen LogP contribution in [-0.2, 0) is 11.3 Å². The van der Waals surface area contributed by atoms with Crippen LogP contribution in [0.25, 0.3) is 0 Å². The maximum absolute atomic E-state index is 12.2. The zero-order valence-corrected chi connectivity index (χ0v) is 13.0. The van der Waals surface area contributed by atoms with Crippen molar-refractivity contribution in [1.82, 2.24) is 4.90 Å². The van der Waals surface area contributed by atoms with Gasteiger partial charge < -0.3 is 14.4 Å². The second kappa shape index (κ2) is 4.91. The zero-order valence-electron chi connectivity index (χ0n) is 11.4. The van der Waals surface area contributed by atoms with Crippen molar-refractivity contribution in [2.24, 2.45) is 0 Å². The first-order valence-electron chi connectivity index (χ1n) is 7.03. The van der Waals surface area contributed by atoms with Gasteiger partial charge in [0.15, 0.2) is 11.5 Å². The van der Waals surface area contributed by atoms with Gasteiger partial charge in [-0.3, -0.25) is 4.79 Å². The van der Waals surface area contributed by atoms with Gasteiger partial charge in [-0.25, -0.2) is 0 Å². The molecule has 0 atom stereocenters. The highest BCUT2D eigenvalue weighted by Gasteiger charge is 2.29. The molecule has 0 bridgehead atoms. The Morgan fingerprint density at radius 3 is 2.90 bits per heavy atom. The van der Waals surface area contributed by atoms with Gasteiger partial charge in [-0.1, -0.05) is 22.0 Å². The molecule has 0 N–H and O–H groups in total. The van der Waals surface area contributed by atoms with Crippen molar-refractivity contribution in [3.63, 3.8) is 0 Å². The van der Waals surface area contributed by atoms with Gasteiger partial charge in [0.1, 0.15) is 0 Å². The summed E-state index contributed by atoms with van der Waals surface area (Å²) in [4.78, 5) is 14.1. The van der Waals surface area contributed by atoms with Crippen LogP contribution in [0, 0.1) is 0 Å². The second-order valence-corrected chi connectivity index (χ2v) is 6.23. The number of benzene rings is 1. The Balaban J connectivity index is 1.65. The van der Waals surface area contributed by atoms with E-state index >= 15 is 0 Å². The van der Waals surface area contributed by atoms with E-state index in [1.54, 1.807) is 6.08 Å². The van der Waals surface area contributed by atoms with Crippen LogP contribution < -0.4 is 9.47 Å². The lowest BCUT2D eigenvalue weighted by Crippen LogP contribution is -2.24. The molecule has 108 valence electrons. The molecule has 3 aliphatic rings. The van der Waals surface area contributed by atoms with Crippen LogP contribution in [0.4, 0.5) is 0 Å². The maximum atomic E-state index is 12.2. The molecule has 2 heterocycles. The van der Waals surface area contributed by atoms with Gasteiger partial charge in [0.05, 0.1) is 6.54 Å². The summed E-state index contributed by atoms with van der Waals surface area (Å²) in [7, 11) is 0. The molecular weight excluding hydrogens is 334 g/mol. The number of amides is 1. The first kappa shape index (κ1) is 13.0. The Kier molecular flexibility index (Phi) is 3.03. The summed E-state index contributed by atoms with van der Waals surface area (Å²) in [5.74, 6) is 1.56. The van der Waals surface area contributed by atoms with E-state index in [9.17, 15) is 4.79 Å². The first-order valence-corrected chi connectivity index (χ1v) is 7.82. The number of fused-ring (bicyclic) bond motifs is 2. The molecule has 0 fully saturated rings. The summed E-state index contributed by atoms with van der Waals surface area (Å²) < 4.78 is 11.7. The number of hydrogen-bond acceptors (Lipinski definition) is 3. The molecule has 0 aromatic heterocycles. The van der Waals surface area contributed by atoms with Crippen LogP contribution in [0.2, 0.25) is 0 Å². The van der Waals surface area contributed by atoms with Gasteiger partial charge in [-0.2, -0.15) is 0 Å². The molecule has 0 unspecified atom stereocenters. The lowest BCUT2D eigenvalue weighted by Gasteiger charge is -2.23. The van der Waals surface area contributed by atoms with Gasteiger partial charge in [0.2, 0.25) is 6.79 Å². The Hall–Kier alpha value is -1.75. The minimum atomic E-state index is 0.0720. The van der Waals surface area contributed by atoms with E-state index in [0.717, 1.165) is 46.5 Å². The lowest BCUT2D eigenvalue weighted by atomic mass is 10.00. The average Bonchev–Trinajstić information content (AvgIpc) is 3.04. The summed E-state index contributed by atoms with van der Waals surface area (Å²) in [6.07, 6.45) is 7.10. The highest BCUT2D eigenvalue weighted by atomic mass is 79.9. The molecule has 0 radical (unpaired) electrons. The zero-order chi connectivity index (χ0) is 14.4. The lowest BCUT2D eigenvalue weighted by molar-refractivity contribution is -0.123. The number of nitrogens with zero attached hydrogens (tertiary/aromatic N) is 1. The Morgan fingerprint density at radius 1 is 1.24 bits per heavy atom. The quantitative estimate of drug-likeness (QED) is 0.821. The number of rotatable bonds is 2. The number of halogens is 1. The largest absolute Gasteiger partial charge is 0.454 e. The SMILES string of the molecule is O=C1C=C2CCCC=C2N1Cc1cc2c(cc1Br)OCO2. The van der Waals surface area contributed by atoms with Crippen LogP contribution in [0.15, 0.2) is 40.0 Å². The van der Waals surface area contributed by atoms with E-state index in [0.29, 0.717) is 6.54 Å². The van der Waals surface area contributed by atoms with Crippen LogP contribution >= 0.6 is 15.9 Å². The summed E-state index contributed by atoms with van der Waals surface area (Å²) in [5.41, 5.74) is 3.27. The predicted molar refractivity (Wildman–Crippen MR) is 80.8 cm³/mol. The van der Waals surface area contributed by atoms with E-state index < -0.39 is 0 Å². The molecule has 21 heavy (non-hydrogen) atoms. The Morgan fingerprint density at radius 2 is 2.05 bits per heavy atom. The fraction of sp³-hybridized carbons (Fsp3) is 0.312. The van der Waals surface area contributed by atoms with Gasteiger partial charge >= 0.3 is 0 Å². The van der Waals surface area contributed by atoms with Crippen LogP contribution in [0.1, 0.15) is 24.8 Å². The smallest absolute Gasteiger partial charge is 0.251 e. The number of allylic oxidation sites excluding steroid dienone is 2. The van der Waals surface area contributed by atoms with E-state index in [4.69, 9.17) is 9.47 Å². The van der Waals surface area contributed by atoms with Gasteiger partial charge in [-0.05, 0) is 42.5 Å². The third-order valence-corrected chi connectivity index (χ3v) is 4.78. The molecule has 4 rings (SSSR count). The summed E-state index contributed by atoms with van der Waals surface area (Å²) in [5, 5.41) is 0. The number of carbonyl (C=O) groups excluding carboxylic acids is 1. The molecule has 1 aromatic carbocycles. The minimum absolute atomic E-state index is 0.0720.